The highest BCUT2D eigenvalue weighted by atomic mass is 32.2. The normalized spacial score (nSPS) is 20.8. The molecular weight excluding hydrogens is 645 g/mol. The Morgan fingerprint density at radius 1 is 0.851 bits per heavy atom. The van der Waals surface area contributed by atoms with E-state index in [1.165, 1.54) is 24.3 Å². The summed E-state index contributed by atoms with van der Waals surface area (Å²) < 4.78 is 60.9. The Hall–Kier alpha value is -2.99. The number of carbonyl (C=O) groups excluding carboxylic acids is 3. The van der Waals surface area contributed by atoms with Gasteiger partial charge in [0.25, 0.3) is 0 Å². The quantitative estimate of drug-likeness (QED) is 0.101. The zero-order valence-electron chi connectivity index (χ0n) is 26.1. The smallest absolute Gasteiger partial charge is 0.379 e. The van der Waals surface area contributed by atoms with Crippen LogP contribution in [0, 0.1) is 0 Å². The third-order valence-electron chi connectivity index (χ3n) is 7.78. The molecule has 3 heterocycles. The Morgan fingerprint density at radius 3 is 2.11 bits per heavy atom. The van der Waals surface area contributed by atoms with Gasteiger partial charge in [-0.2, -0.15) is 24.9 Å². The zero-order chi connectivity index (χ0) is 33.5. The van der Waals surface area contributed by atoms with E-state index in [4.69, 9.17) is 18.9 Å². The predicted molar refractivity (Wildman–Crippen MR) is 166 cm³/mol. The van der Waals surface area contributed by atoms with E-state index in [0.29, 0.717) is 70.0 Å². The molecular formula is C30H43F3N6O7S. The second-order valence-electron chi connectivity index (χ2n) is 11.3. The SMILES string of the molecule is O=C(CCCC[C@@H]1SC[C@@H]2NC(=O)N[C@@H]21)NCCOCCOCCOCCOCCC(=O)NCc1ccc(C2(C(F)(F)F)N=N2)cc1. The summed E-state index contributed by atoms with van der Waals surface area (Å²) in [5.41, 5.74) is -1.84. The molecule has 17 heteroatoms. The lowest BCUT2D eigenvalue weighted by molar-refractivity contribution is -0.166. The van der Waals surface area contributed by atoms with Gasteiger partial charge in [0.05, 0.1) is 64.9 Å². The third-order valence-corrected chi connectivity index (χ3v) is 9.29. The van der Waals surface area contributed by atoms with Crippen LogP contribution in [0.1, 0.15) is 43.2 Å². The number of thioether (sulfide) groups is 1. The Kier molecular flexibility index (Phi) is 14.5. The van der Waals surface area contributed by atoms with E-state index in [1.54, 1.807) is 0 Å². The highest BCUT2D eigenvalue weighted by Crippen LogP contribution is 2.52. The number of fused-ring (bicyclic) bond motifs is 1. The molecule has 0 spiro atoms. The maximum absolute atomic E-state index is 13.1. The van der Waals surface area contributed by atoms with Crippen LogP contribution in [-0.2, 0) is 40.7 Å². The molecule has 0 aliphatic carbocycles. The van der Waals surface area contributed by atoms with Crippen LogP contribution in [0.25, 0.3) is 0 Å². The summed E-state index contributed by atoms with van der Waals surface area (Å²) in [4.78, 5) is 35.5. The molecule has 3 aliphatic heterocycles. The number of hydrogen-bond acceptors (Lipinski definition) is 10. The van der Waals surface area contributed by atoms with Crippen LogP contribution >= 0.6 is 11.8 Å². The number of halogens is 3. The largest absolute Gasteiger partial charge is 0.442 e. The summed E-state index contributed by atoms with van der Waals surface area (Å²) in [6, 6.07) is 5.99. The Bertz CT molecular complexity index is 1190. The van der Waals surface area contributed by atoms with Gasteiger partial charge in [-0.25, -0.2) is 4.79 Å². The van der Waals surface area contributed by atoms with Crippen molar-refractivity contribution in [2.75, 3.05) is 65.2 Å². The van der Waals surface area contributed by atoms with Gasteiger partial charge in [-0.05, 0) is 18.4 Å². The van der Waals surface area contributed by atoms with Gasteiger partial charge < -0.3 is 40.2 Å². The van der Waals surface area contributed by atoms with Gasteiger partial charge in [0.15, 0.2) is 0 Å². The number of nitrogens with one attached hydrogen (secondary N) is 4. The molecule has 47 heavy (non-hydrogen) atoms. The minimum atomic E-state index is -4.57. The van der Waals surface area contributed by atoms with E-state index >= 15 is 0 Å². The summed E-state index contributed by atoms with van der Waals surface area (Å²) in [5.74, 6) is 0.712. The number of benzene rings is 1. The number of hydrogen-bond donors (Lipinski definition) is 4. The summed E-state index contributed by atoms with van der Waals surface area (Å²) in [6.45, 7) is 3.50. The van der Waals surface area contributed by atoms with Gasteiger partial charge in [-0.1, -0.05) is 30.7 Å². The average molecular weight is 689 g/mol. The van der Waals surface area contributed by atoms with Crippen molar-refractivity contribution in [1.29, 1.82) is 0 Å². The molecule has 0 unspecified atom stereocenters. The first kappa shape index (κ1) is 36.8. The van der Waals surface area contributed by atoms with E-state index in [1.807, 2.05) is 11.8 Å². The molecule has 4 N–H and O–H groups in total. The van der Waals surface area contributed by atoms with Crippen LogP contribution in [-0.4, -0.2) is 107 Å². The number of amides is 4. The monoisotopic (exact) mass is 688 g/mol. The van der Waals surface area contributed by atoms with Gasteiger partial charge in [0.2, 0.25) is 11.8 Å². The standard InChI is InChI=1S/C30H43F3N6O7S/c31-30(32,33)29(38-39-29)22-7-5-21(6-8-22)19-35-26(41)9-11-43-13-15-45-17-18-46-16-14-44-12-10-34-25(40)4-2-1-3-24-27-23(20-47-24)36-28(42)37-27/h5-8,23-24,27H,1-4,9-20H2,(H,34,40)(H,35,41)(H2,36,37,42)/t23-,24-,27-/m0/s1. The first-order chi connectivity index (χ1) is 22.7. The van der Waals surface area contributed by atoms with Crippen molar-refractivity contribution < 1.29 is 46.5 Å². The average Bonchev–Trinajstić information content (AvgIpc) is 3.68. The number of nitrogens with zero attached hydrogens (tertiary/aromatic N) is 2. The Balaban J connectivity index is 0.860. The highest BCUT2D eigenvalue weighted by Gasteiger charge is 2.65. The minimum Gasteiger partial charge on any atom is -0.379 e. The molecule has 0 aromatic heterocycles. The van der Waals surface area contributed by atoms with Gasteiger partial charge in [0.1, 0.15) is 0 Å². The molecule has 0 bridgehead atoms. The fourth-order valence-electron chi connectivity index (χ4n) is 5.14. The minimum absolute atomic E-state index is 0.0114. The number of ether oxygens (including phenoxy) is 4. The molecule has 1 aromatic rings. The molecule has 3 atom stereocenters. The van der Waals surface area contributed by atoms with Gasteiger partial charge in [-0.15, -0.1) is 10.2 Å². The zero-order valence-corrected chi connectivity index (χ0v) is 27.0. The fourth-order valence-corrected chi connectivity index (χ4v) is 6.68. The van der Waals surface area contributed by atoms with Gasteiger partial charge >= 0.3 is 17.9 Å². The highest BCUT2D eigenvalue weighted by molar-refractivity contribution is 8.00. The van der Waals surface area contributed by atoms with Crippen molar-refractivity contribution in [2.45, 2.75) is 67.8 Å². The fraction of sp³-hybridized carbons (Fsp3) is 0.700. The van der Waals surface area contributed by atoms with Crippen LogP contribution in [0.15, 0.2) is 34.5 Å². The first-order valence-electron chi connectivity index (χ1n) is 15.8. The molecule has 2 saturated heterocycles. The first-order valence-corrected chi connectivity index (χ1v) is 16.9. The third kappa shape index (κ3) is 11.9. The molecule has 0 radical (unpaired) electrons. The maximum Gasteiger partial charge on any atom is 0.442 e. The van der Waals surface area contributed by atoms with E-state index in [2.05, 4.69) is 31.5 Å². The number of alkyl halides is 3. The Labute approximate surface area is 275 Å². The van der Waals surface area contributed by atoms with Crippen LogP contribution in [0.2, 0.25) is 0 Å². The maximum atomic E-state index is 13.1. The van der Waals surface area contributed by atoms with Crippen molar-refractivity contribution in [2.24, 2.45) is 10.2 Å². The van der Waals surface area contributed by atoms with Crippen LogP contribution in [0.5, 0.6) is 0 Å². The number of rotatable bonds is 23. The number of urea groups is 1. The summed E-state index contributed by atoms with van der Waals surface area (Å²) in [5, 5.41) is 18.2. The molecule has 4 rings (SSSR count). The molecule has 0 saturated carbocycles. The van der Waals surface area contributed by atoms with Crippen molar-refractivity contribution in [1.82, 2.24) is 21.3 Å². The van der Waals surface area contributed by atoms with Crippen molar-refractivity contribution in [3.63, 3.8) is 0 Å². The molecule has 2 fully saturated rings. The van der Waals surface area contributed by atoms with Crippen LogP contribution in [0.3, 0.4) is 0 Å². The summed E-state index contributed by atoms with van der Waals surface area (Å²) in [7, 11) is 0. The summed E-state index contributed by atoms with van der Waals surface area (Å²) in [6.07, 6.45) is -1.20. The molecule has 1 aromatic carbocycles. The summed E-state index contributed by atoms with van der Waals surface area (Å²) >= 11 is 1.88. The second kappa shape index (κ2) is 18.5. The van der Waals surface area contributed by atoms with Gasteiger partial charge in [-0.3, -0.25) is 9.59 Å². The lowest BCUT2D eigenvalue weighted by atomic mass is 10.0. The number of carbonyl (C=O) groups is 3. The van der Waals surface area contributed by atoms with E-state index < -0.39 is 11.8 Å². The van der Waals surface area contributed by atoms with E-state index in [-0.39, 0.29) is 55.1 Å². The predicted octanol–water partition coefficient (Wildman–Crippen LogP) is 2.78. The van der Waals surface area contributed by atoms with E-state index in [9.17, 15) is 27.6 Å². The molecule has 3 aliphatic rings. The van der Waals surface area contributed by atoms with Gasteiger partial charge in [0, 0.05) is 42.5 Å². The van der Waals surface area contributed by atoms with E-state index in [0.717, 1.165) is 25.0 Å². The van der Waals surface area contributed by atoms with Crippen LogP contribution in [0.4, 0.5) is 18.0 Å². The number of unbranched alkanes of at least 4 members (excludes halogenated alkanes) is 1. The van der Waals surface area contributed by atoms with Crippen molar-refractivity contribution in [3.05, 3.63) is 35.4 Å². The molecule has 4 amide bonds. The molecule has 13 nitrogen and oxygen atoms in total. The van der Waals surface area contributed by atoms with Crippen LogP contribution < -0.4 is 21.3 Å². The second-order valence-corrected chi connectivity index (χ2v) is 12.5. The van der Waals surface area contributed by atoms with Crippen molar-refractivity contribution in [3.8, 4) is 0 Å². The topological polar surface area (TPSA) is 161 Å². The van der Waals surface area contributed by atoms with Crippen molar-refractivity contribution >= 4 is 29.6 Å². The Morgan fingerprint density at radius 2 is 1.47 bits per heavy atom. The lowest BCUT2D eigenvalue weighted by Crippen LogP contribution is -2.36. The molecule has 262 valence electrons. The lowest BCUT2D eigenvalue weighted by Gasteiger charge is -2.16.